The number of aromatic hydroxyl groups is 1. The van der Waals surface area contributed by atoms with E-state index in [9.17, 15) is 13.5 Å². The molecule has 1 heterocycles. The van der Waals surface area contributed by atoms with Crippen molar-refractivity contribution in [3.8, 4) is 5.75 Å². The molecule has 5 nitrogen and oxygen atoms in total. The van der Waals surface area contributed by atoms with Gasteiger partial charge in [0.25, 0.3) is 0 Å². The summed E-state index contributed by atoms with van der Waals surface area (Å²) < 4.78 is 26.7. The topological polar surface area (TPSA) is 79.3 Å². The normalized spacial score (nSPS) is 11.4. The maximum Gasteiger partial charge on any atom is 0.241 e. The van der Waals surface area contributed by atoms with E-state index in [1.807, 2.05) is 19.1 Å². The van der Waals surface area contributed by atoms with Crippen LogP contribution in [0.5, 0.6) is 5.75 Å². The monoisotopic (exact) mass is 292 g/mol. The van der Waals surface area contributed by atoms with Crippen LogP contribution in [0.1, 0.15) is 18.2 Å². The van der Waals surface area contributed by atoms with Crippen LogP contribution in [0.15, 0.2) is 47.5 Å². The first-order valence-corrected chi connectivity index (χ1v) is 7.72. The van der Waals surface area contributed by atoms with E-state index in [2.05, 4.69) is 9.71 Å². The van der Waals surface area contributed by atoms with E-state index in [1.54, 1.807) is 6.20 Å². The Bertz CT molecular complexity index is 699. The fraction of sp³-hybridized carbons (Fsp3) is 0.214. The fourth-order valence-electron chi connectivity index (χ4n) is 1.85. The number of hydrogen-bond donors (Lipinski definition) is 2. The summed E-state index contributed by atoms with van der Waals surface area (Å²) in [5.41, 5.74) is 1.71. The van der Waals surface area contributed by atoms with E-state index in [0.717, 1.165) is 12.0 Å². The van der Waals surface area contributed by atoms with Crippen LogP contribution in [0.3, 0.4) is 0 Å². The number of phenolic OH excluding ortho intramolecular Hbond substituents is 1. The predicted molar refractivity (Wildman–Crippen MR) is 75.7 cm³/mol. The average Bonchev–Trinajstić information content (AvgIpc) is 2.45. The highest BCUT2D eigenvalue weighted by Gasteiger charge is 2.15. The smallest absolute Gasteiger partial charge is 0.241 e. The summed E-state index contributed by atoms with van der Waals surface area (Å²) in [6.07, 6.45) is 2.42. The minimum atomic E-state index is -3.66. The molecule has 0 saturated carbocycles. The molecule has 0 bridgehead atoms. The van der Waals surface area contributed by atoms with Crippen molar-refractivity contribution in [1.82, 2.24) is 9.71 Å². The van der Waals surface area contributed by atoms with Crippen LogP contribution in [0.25, 0.3) is 0 Å². The van der Waals surface area contributed by atoms with Crippen LogP contribution in [-0.2, 0) is 23.0 Å². The zero-order valence-electron chi connectivity index (χ0n) is 11.1. The summed E-state index contributed by atoms with van der Waals surface area (Å²) in [5, 5.41) is 9.34. The van der Waals surface area contributed by atoms with E-state index in [4.69, 9.17) is 0 Å². The lowest BCUT2D eigenvalue weighted by molar-refractivity contribution is 0.473. The molecule has 1 aromatic heterocycles. The second-order valence-corrected chi connectivity index (χ2v) is 6.05. The summed E-state index contributed by atoms with van der Waals surface area (Å²) in [6, 6.07) is 9.30. The van der Waals surface area contributed by atoms with Gasteiger partial charge in [-0.25, -0.2) is 13.1 Å². The standard InChI is InChI=1S/C14H16N2O3S/c1-2-11-5-4-8-15-14(11)10-16-20(18,19)13-7-3-6-12(17)9-13/h3-9,16-17H,2,10H2,1H3. The highest BCUT2D eigenvalue weighted by atomic mass is 32.2. The number of aryl methyl sites for hydroxylation is 1. The predicted octanol–water partition coefficient (Wildman–Crippen LogP) is 1.83. The Kier molecular flexibility index (Phi) is 4.36. The van der Waals surface area contributed by atoms with E-state index < -0.39 is 10.0 Å². The van der Waals surface area contributed by atoms with E-state index in [0.29, 0.717) is 5.69 Å². The lowest BCUT2D eigenvalue weighted by Gasteiger charge is -2.09. The number of sulfonamides is 1. The van der Waals surface area contributed by atoms with Crippen LogP contribution in [0, 0.1) is 0 Å². The third kappa shape index (κ3) is 3.34. The lowest BCUT2D eigenvalue weighted by atomic mass is 10.1. The molecule has 106 valence electrons. The maximum atomic E-state index is 12.1. The first kappa shape index (κ1) is 14.5. The Morgan fingerprint density at radius 1 is 1.25 bits per heavy atom. The summed E-state index contributed by atoms with van der Waals surface area (Å²) in [5.74, 6) is -0.0834. The molecule has 0 unspecified atom stereocenters. The molecule has 0 aliphatic heterocycles. The summed E-state index contributed by atoms with van der Waals surface area (Å²) in [6.45, 7) is 2.12. The number of rotatable bonds is 5. The van der Waals surface area contributed by atoms with Crippen molar-refractivity contribution in [3.05, 3.63) is 53.9 Å². The number of benzene rings is 1. The Morgan fingerprint density at radius 3 is 2.75 bits per heavy atom. The minimum Gasteiger partial charge on any atom is -0.508 e. The molecule has 0 radical (unpaired) electrons. The number of nitrogens with one attached hydrogen (secondary N) is 1. The Balaban J connectivity index is 2.17. The molecule has 20 heavy (non-hydrogen) atoms. The molecule has 2 N–H and O–H groups in total. The van der Waals surface area contributed by atoms with Crippen molar-refractivity contribution in [3.63, 3.8) is 0 Å². The molecule has 6 heteroatoms. The van der Waals surface area contributed by atoms with Crippen molar-refractivity contribution in [2.45, 2.75) is 24.8 Å². The molecule has 0 fully saturated rings. The second-order valence-electron chi connectivity index (χ2n) is 4.28. The molecule has 0 aliphatic rings. The zero-order valence-corrected chi connectivity index (χ0v) is 11.9. The molecule has 2 aromatic rings. The number of nitrogens with zero attached hydrogens (tertiary/aromatic N) is 1. The van der Waals surface area contributed by atoms with Crippen molar-refractivity contribution >= 4 is 10.0 Å². The highest BCUT2D eigenvalue weighted by Crippen LogP contribution is 2.16. The second kappa shape index (κ2) is 6.02. The van der Waals surface area contributed by atoms with Gasteiger partial charge in [0.15, 0.2) is 0 Å². The third-order valence-electron chi connectivity index (χ3n) is 2.92. The zero-order chi connectivity index (χ0) is 14.6. The van der Waals surface area contributed by atoms with Crippen molar-refractivity contribution < 1.29 is 13.5 Å². The van der Waals surface area contributed by atoms with Gasteiger partial charge in [-0.2, -0.15) is 0 Å². The maximum absolute atomic E-state index is 12.1. The quantitative estimate of drug-likeness (QED) is 0.881. The van der Waals surface area contributed by atoms with Crippen molar-refractivity contribution in [2.24, 2.45) is 0 Å². The molecule has 0 amide bonds. The number of hydrogen-bond acceptors (Lipinski definition) is 4. The van der Waals surface area contributed by atoms with Gasteiger partial charge in [0.2, 0.25) is 10.0 Å². The largest absolute Gasteiger partial charge is 0.508 e. The number of phenols is 1. The van der Waals surface area contributed by atoms with Gasteiger partial charge >= 0.3 is 0 Å². The van der Waals surface area contributed by atoms with Crippen LogP contribution in [-0.4, -0.2) is 18.5 Å². The van der Waals surface area contributed by atoms with Crippen LogP contribution in [0.4, 0.5) is 0 Å². The van der Waals surface area contributed by atoms with E-state index in [1.165, 1.54) is 24.3 Å². The Hall–Kier alpha value is -1.92. The Labute approximate surface area is 118 Å². The van der Waals surface area contributed by atoms with E-state index >= 15 is 0 Å². The van der Waals surface area contributed by atoms with Crippen LogP contribution < -0.4 is 4.72 Å². The van der Waals surface area contributed by atoms with Crippen LogP contribution >= 0.6 is 0 Å². The van der Waals surface area contributed by atoms with Gasteiger partial charge in [0.1, 0.15) is 5.75 Å². The molecule has 1 aromatic carbocycles. The molecular formula is C14H16N2O3S. The number of pyridine rings is 1. The molecule has 0 spiro atoms. The van der Waals surface area contributed by atoms with Gasteiger partial charge in [-0.05, 0) is 36.2 Å². The molecule has 0 atom stereocenters. The van der Waals surface area contributed by atoms with Crippen molar-refractivity contribution in [2.75, 3.05) is 0 Å². The molecule has 0 aliphatic carbocycles. The van der Waals surface area contributed by atoms with Crippen LogP contribution in [0.2, 0.25) is 0 Å². The van der Waals surface area contributed by atoms with Gasteiger partial charge in [0.05, 0.1) is 17.1 Å². The fourth-order valence-corrected chi connectivity index (χ4v) is 2.88. The first-order chi connectivity index (χ1) is 9.53. The molecule has 0 saturated heterocycles. The molecular weight excluding hydrogens is 276 g/mol. The SMILES string of the molecule is CCc1cccnc1CNS(=O)(=O)c1cccc(O)c1. The Morgan fingerprint density at radius 2 is 2.05 bits per heavy atom. The van der Waals surface area contributed by atoms with Gasteiger partial charge in [-0.1, -0.05) is 19.1 Å². The summed E-state index contributed by atoms with van der Waals surface area (Å²) >= 11 is 0. The summed E-state index contributed by atoms with van der Waals surface area (Å²) in [4.78, 5) is 4.22. The highest BCUT2D eigenvalue weighted by molar-refractivity contribution is 7.89. The van der Waals surface area contributed by atoms with Gasteiger partial charge in [0, 0.05) is 6.20 Å². The average molecular weight is 292 g/mol. The first-order valence-electron chi connectivity index (χ1n) is 6.24. The summed E-state index contributed by atoms with van der Waals surface area (Å²) in [7, 11) is -3.66. The van der Waals surface area contributed by atoms with E-state index in [-0.39, 0.29) is 17.2 Å². The van der Waals surface area contributed by atoms with Gasteiger partial charge in [-0.3, -0.25) is 4.98 Å². The van der Waals surface area contributed by atoms with Gasteiger partial charge in [-0.15, -0.1) is 0 Å². The van der Waals surface area contributed by atoms with Gasteiger partial charge < -0.3 is 5.11 Å². The third-order valence-corrected chi connectivity index (χ3v) is 4.32. The number of aromatic nitrogens is 1. The van der Waals surface area contributed by atoms with Crippen molar-refractivity contribution in [1.29, 1.82) is 0 Å². The minimum absolute atomic E-state index is 0.0338. The molecule has 2 rings (SSSR count). The lowest BCUT2D eigenvalue weighted by Crippen LogP contribution is -2.24.